The number of fused-ring (bicyclic) bond motifs is 1. The van der Waals surface area contributed by atoms with Gasteiger partial charge in [0.05, 0.1) is 6.54 Å². The third-order valence-electron chi connectivity index (χ3n) is 3.10. The molecule has 0 atom stereocenters. The molecule has 2 aromatic carbocycles. The third kappa shape index (κ3) is 2.20. The predicted octanol–water partition coefficient (Wildman–Crippen LogP) is 1.74. The van der Waals surface area contributed by atoms with Gasteiger partial charge in [-0.25, -0.2) is 4.79 Å². The van der Waals surface area contributed by atoms with Crippen LogP contribution in [0.4, 0.5) is 0 Å². The number of hydrogen-bond donors (Lipinski definition) is 1. The van der Waals surface area contributed by atoms with Gasteiger partial charge < -0.3 is 4.98 Å². The van der Waals surface area contributed by atoms with Crippen LogP contribution in [0.5, 0.6) is 0 Å². The number of rotatable bonds is 2. The molecule has 0 fully saturated rings. The lowest BCUT2D eigenvalue weighted by atomic mass is 10.1. The molecule has 0 aliphatic heterocycles. The molecular formula is C15H12N2O2. The molecule has 4 heteroatoms. The lowest BCUT2D eigenvalue weighted by molar-refractivity contribution is 0.699. The van der Waals surface area contributed by atoms with Crippen molar-refractivity contribution in [2.75, 3.05) is 0 Å². The van der Waals surface area contributed by atoms with Gasteiger partial charge in [-0.1, -0.05) is 36.4 Å². The monoisotopic (exact) mass is 252 g/mol. The Morgan fingerprint density at radius 2 is 1.74 bits per heavy atom. The van der Waals surface area contributed by atoms with Gasteiger partial charge in [-0.15, -0.1) is 0 Å². The highest BCUT2D eigenvalue weighted by molar-refractivity contribution is 5.82. The normalized spacial score (nSPS) is 10.7. The summed E-state index contributed by atoms with van der Waals surface area (Å²) in [7, 11) is 0. The van der Waals surface area contributed by atoms with E-state index in [-0.39, 0.29) is 17.8 Å². The quantitative estimate of drug-likeness (QED) is 0.755. The Morgan fingerprint density at radius 3 is 2.53 bits per heavy atom. The molecule has 3 aromatic rings. The molecule has 0 bridgehead atoms. The molecule has 1 aromatic heterocycles. The molecule has 0 saturated carbocycles. The zero-order valence-corrected chi connectivity index (χ0v) is 10.2. The zero-order chi connectivity index (χ0) is 13.2. The third-order valence-corrected chi connectivity index (χ3v) is 3.10. The molecule has 1 heterocycles. The number of aromatic amines is 1. The molecule has 0 spiro atoms. The Hall–Kier alpha value is -2.62. The van der Waals surface area contributed by atoms with Gasteiger partial charge in [0.1, 0.15) is 0 Å². The van der Waals surface area contributed by atoms with Crippen LogP contribution in [-0.2, 0) is 6.54 Å². The van der Waals surface area contributed by atoms with Gasteiger partial charge in [0.25, 0.3) is 5.56 Å². The standard InChI is InChI=1S/C15H12N2O2/c18-14-7-8-16-15(19)17(14)10-11-5-6-12-3-1-2-4-13(12)9-11/h1-9H,10H2,(H,16,19). The van der Waals surface area contributed by atoms with E-state index in [9.17, 15) is 9.59 Å². The molecule has 94 valence electrons. The second kappa shape index (κ2) is 4.57. The summed E-state index contributed by atoms with van der Waals surface area (Å²) < 4.78 is 1.18. The fraction of sp³-hybridized carbons (Fsp3) is 0.0667. The summed E-state index contributed by atoms with van der Waals surface area (Å²) in [5.74, 6) is 0. The van der Waals surface area contributed by atoms with Crippen LogP contribution >= 0.6 is 0 Å². The highest BCUT2D eigenvalue weighted by atomic mass is 16.2. The summed E-state index contributed by atoms with van der Waals surface area (Å²) in [6.45, 7) is 0.278. The van der Waals surface area contributed by atoms with Crippen molar-refractivity contribution in [1.29, 1.82) is 0 Å². The fourth-order valence-corrected chi connectivity index (χ4v) is 2.12. The van der Waals surface area contributed by atoms with Crippen molar-refractivity contribution in [2.45, 2.75) is 6.54 Å². The van der Waals surface area contributed by atoms with E-state index < -0.39 is 0 Å². The van der Waals surface area contributed by atoms with Gasteiger partial charge in [0, 0.05) is 12.3 Å². The van der Waals surface area contributed by atoms with Crippen LogP contribution < -0.4 is 11.2 Å². The van der Waals surface area contributed by atoms with Crippen LogP contribution in [0, 0.1) is 0 Å². The van der Waals surface area contributed by atoms with Crippen LogP contribution in [0.1, 0.15) is 5.56 Å². The number of benzene rings is 2. The highest BCUT2D eigenvalue weighted by Crippen LogP contribution is 2.15. The number of nitrogens with zero attached hydrogens (tertiary/aromatic N) is 1. The minimum Gasteiger partial charge on any atom is -0.314 e. The largest absolute Gasteiger partial charge is 0.328 e. The van der Waals surface area contributed by atoms with Crippen molar-refractivity contribution in [3.8, 4) is 0 Å². The van der Waals surface area contributed by atoms with E-state index in [4.69, 9.17) is 0 Å². The number of aromatic nitrogens is 2. The Balaban J connectivity index is 2.06. The highest BCUT2D eigenvalue weighted by Gasteiger charge is 2.02. The smallest absolute Gasteiger partial charge is 0.314 e. The first-order chi connectivity index (χ1) is 9.24. The molecule has 0 saturated heterocycles. The van der Waals surface area contributed by atoms with Crippen LogP contribution in [0.25, 0.3) is 10.8 Å². The van der Waals surface area contributed by atoms with Crippen molar-refractivity contribution in [3.63, 3.8) is 0 Å². The summed E-state index contributed by atoms with van der Waals surface area (Å²) in [5, 5.41) is 2.24. The minimum atomic E-state index is -0.388. The van der Waals surface area contributed by atoms with Crippen molar-refractivity contribution in [3.05, 3.63) is 81.1 Å². The first kappa shape index (κ1) is 11.5. The molecule has 0 unspecified atom stereocenters. The van der Waals surface area contributed by atoms with Crippen molar-refractivity contribution in [2.24, 2.45) is 0 Å². The molecule has 0 aliphatic rings. The first-order valence-corrected chi connectivity index (χ1v) is 6.00. The Morgan fingerprint density at radius 1 is 0.947 bits per heavy atom. The lowest BCUT2D eigenvalue weighted by Crippen LogP contribution is -2.34. The Bertz CT molecular complexity index is 818. The van der Waals surface area contributed by atoms with Crippen LogP contribution in [-0.4, -0.2) is 9.55 Å². The van der Waals surface area contributed by atoms with Crippen LogP contribution in [0.15, 0.2) is 64.3 Å². The summed E-state index contributed by atoms with van der Waals surface area (Å²) in [6, 6.07) is 15.3. The van der Waals surface area contributed by atoms with Gasteiger partial charge in [0.15, 0.2) is 0 Å². The molecule has 19 heavy (non-hydrogen) atoms. The first-order valence-electron chi connectivity index (χ1n) is 6.00. The SMILES string of the molecule is O=c1cc[nH]c(=O)n1Cc1ccc2ccccc2c1. The van der Waals surface area contributed by atoms with E-state index in [0.717, 1.165) is 16.3 Å². The molecule has 3 rings (SSSR count). The Labute approximate surface area is 109 Å². The molecule has 4 nitrogen and oxygen atoms in total. The van der Waals surface area contributed by atoms with E-state index in [1.54, 1.807) is 0 Å². The second-order valence-electron chi connectivity index (χ2n) is 4.39. The van der Waals surface area contributed by atoms with Gasteiger partial charge in [0.2, 0.25) is 0 Å². The summed E-state index contributed by atoms with van der Waals surface area (Å²) in [4.78, 5) is 25.8. The maximum atomic E-state index is 11.7. The maximum Gasteiger partial charge on any atom is 0.328 e. The molecule has 0 aliphatic carbocycles. The average Bonchev–Trinajstić information content (AvgIpc) is 2.43. The fourth-order valence-electron chi connectivity index (χ4n) is 2.12. The van der Waals surface area contributed by atoms with Gasteiger partial charge in [-0.3, -0.25) is 9.36 Å². The van der Waals surface area contributed by atoms with E-state index in [1.807, 2.05) is 42.5 Å². The zero-order valence-electron chi connectivity index (χ0n) is 10.2. The van der Waals surface area contributed by atoms with Crippen LogP contribution in [0.2, 0.25) is 0 Å². The summed E-state index contributed by atoms with van der Waals surface area (Å²) in [6.07, 6.45) is 1.36. The number of nitrogens with one attached hydrogen (secondary N) is 1. The van der Waals surface area contributed by atoms with E-state index in [0.29, 0.717) is 0 Å². The van der Waals surface area contributed by atoms with E-state index in [1.165, 1.54) is 16.8 Å². The van der Waals surface area contributed by atoms with Crippen LogP contribution in [0.3, 0.4) is 0 Å². The average molecular weight is 252 g/mol. The maximum absolute atomic E-state index is 11.7. The molecule has 0 amide bonds. The van der Waals surface area contributed by atoms with Gasteiger partial charge >= 0.3 is 5.69 Å². The second-order valence-corrected chi connectivity index (χ2v) is 4.39. The van der Waals surface area contributed by atoms with Gasteiger partial charge in [-0.2, -0.15) is 0 Å². The molecular weight excluding hydrogens is 240 g/mol. The van der Waals surface area contributed by atoms with Gasteiger partial charge in [-0.05, 0) is 22.4 Å². The van der Waals surface area contributed by atoms with Crippen molar-refractivity contribution >= 4 is 10.8 Å². The van der Waals surface area contributed by atoms with Crippen molar-refractivity contribution < 1.29 is 0 Å². The number of H-pyrrole nitrogens is 1. The lowest BCUT2D eigenvalue weighted by Gasteiger charge is -2.05. The molecule has 0 radical (unpaired) electrons. The van der Waals surface area contributed by atoms with E-state index in [2.05, 4.69) is 4.98 Å². The summed E-state index contributed by atoms with van der Waals surface area (Å²) >= 11 is 0. The summed E-state index contributed by atoms with van der Waals surface area (Å²) in [5.41, 5.74) is 0.245. The number of hydrogen-bond acceptors (Lipinski definition) is 2. The van der Waals surface area contributed by atoms with E-state index >= 15 is 0 Å². The Kier molecular flexibility index (Phi) is 2.76. The molecule has 1 N–H and O–H groups in total. The topological polar surface area (TPSA) is 54.9 Å². The van der Waals surface area contributed by atoms with Crippen molar-refractivity contribution in [1.82, 2.24) is 9.55 Å². The predicted molar refractivity (Wildman–Crippen MR) is 74.4 cm³/mol. The minimum absolute atomic E-state index is 0.278.